The van der Waals surface area contributed by atoms with Crippen LogP contribution < -0.4 is 0 Å². The molecular formula is C27H32ClN3O. The number of aromatic nitrogens is 1. The first-order valence-corrected chi connectivity index (χ1v) is 12.4. The molecule has 0 aliphatic carbocycles. The Balaban J connectivity index is 1.29. The van der Waals surface area contributed by atoms with Crippen LogP contribution in [0.5, 0.6) is 0 Å². The summed E-state index contributed by atoms with van der Waals surface area (Å²) in [5.41, 5.74) is 3.80. The van der Waals surface area contributed by atoms with Gasteiger partial charge in [-0.05, 0) is 80.4 Å². The minimum Gasteiger partial charge on any atom is -0.342 e. The molecule has 0 bridgehead atoms. The number of carbonyl (C=O) groups excluding carboxylic acids is 1. The molecule has 2 aliphatic heterocycles. The van der Waals surface area contributed by atoms with Crippen molar-refractivity contribution >= 4 is 28.4 Å². The molecule has 1 aromatic heterocycles. The Bertz CT molecular complexity index is 1080. The van der Waals surface area contributed by atoms with Crippen molar-refractivity contribution in [1.82, 2.24) is 14.4 Å². The second-order valence-corrected chi connectivity index (χ2v) is 9.78. The van der Waals surface area contributed by atoms with Gasteiger partial charge in [-0.25, -0.2) is 0 Å². The summed E-state index contributed by atoms with van der Waals surface area (Å²) in [6.45, 7) is 5.63. The smallest absolute Gasteiger partial charge is 0.225 e. The SMILES string of the molecule is O=C(C1CCN(Cc2cc3ccccc3n2Cc2cccc(Cl)c2)CC1)N1CCCCC1. The van der Waals surface area contributed by atoms with Crippen LogP contribution in [0, 0.1) is 5.92 Å². The molecule has 2 fully saturated rings. The summed E-state index contributed by atoms with van der Waals surface area (Å²) in [6, 6.07) is 19.1. The molecule has 0 atom stereocenters. The lowest BCUT2D eigenvalue weighted by atomic mass is 9.94. The van der Waals surface area contributed by atoms with E-state index in [2.05, 4.69) is 56.8 Å². The maximum atomic E-state index is 12.9. The fraction of sp³-hybridized carbons (Fsp3) is 0.444. The Morgan fingerprint density at radius 2 is 1.66 bits per heavy atom. The number of rotatable bonds is 5. The van der Waals surface area contributed by atoms with Crippen molar-refractivity contribution in [2.75, 3.05) is 26.2 Å². The van der Waals surface area contributed by atoms with Gasteiger partial charge >= 0.3 is 0 Å². The van der Waals surface area contributed by atoms with E-state index in [1.54, 1.807) is 0 Å². The molecule has 3 aromatic rings. The number of hydrogen-bond acceptors (Lipinski definition) is 2. The van der Waals surface area contributed by atoms with E-state index in [1.165, 1.54) is 41.4 Å². The van der Waals surface area contributed by atoms with Crippen molar-refractivity contribution in [2.24, 2.45) is 5.92 Å². The predicted octanol–water partition coefficient (Wildman–Crippen LogP) is 5.57. The van der Waals surface area contributed by atoms with E-state index in [-0.39, 0.29) is 5.92 Å². The van der Waals surface area contributed by atoms with Gasteiger partial charge in [-0.15, -0.1) is 0 Å². The van der Waals surface area contributed by atoms with Crippen molar-refractivity contribution in [1.29, 1.82) is 0 Å². The van der Waals surface area contributed by atoms with Gasteiger partial charge in [0.15, 0.2) is 0 Å². The molecule has 0 saturated carbocycles. The van der Waals surface area contributed by atoms with Gasteiger partial charge < -0.3 is 9.47 Å². The van der Waals surface area contributed by atoms with Crippen molar-refractivity contribution < 1.29 is 4.79 Å². The third-order valence-electron chi connectivity index (χ3n) is 7.12. The van der Waals surface area contributed by atoms with Crippen LogP contribution in [0.15, 0.2) is 54.6 Å². The lowest BCUT2D eigenvalue weighted by Crippen LogP contribution is -2.44. The van der Waals surface area contributed by atoms with Crippen LogP contribution in [0.1, 0.15) is 43.4 Å². The molecule has 5 rings (SSSR count). The van der Waals surface area contributed by atoms with Crippen molar-refractivity contribution in [2.45, 2.75) is 45.2 Å². The number of nitrogens with zero attached hydrogens (tertiary/aromatic N) is 3. The van der Waals surface area contributed by atoms with E-state index in [0.717, 1.165) is 57.1 Å². The van der Waals surface area contributed by atoms with Crippen LogP contribution >= 0.6 is 11.6 Å². The number of para-hydroxylation sites is 1. The number of halogens is 1. The van der Waals surface area contributed by atoms with Crippen LogP contribution in [0.2, 0.25) is 5.02 Å². The zero-order valence-electron chi connectivity index (χ0n) is 18.7. The lowest BCUT2D eigenvalue weighted by Gasteiger charge is -2.35. The monoisotopic (exact) mass is 449 g/mol. The first-order valence-electron chi connectivity index (χ1n) is 12.0. The van der Waals surface area contributed by atoms with Crippen molar-refractivity contribution in [3.8, 4) is 0 Å². The Kier molecular flexibility index (Phi) is 6.52. The van der Waals surface area contributed by atoms with Crippen LogP contribution in [0.25, 0.3) is 10.9 Å². The van der Waals surface area contributed by atoms with Crippen LogP contribution in [-0.2, 0) is 17.9 Å². The summed E-state index contributed by atoms with van der Waals surface area (Å²) < 4.78 is 2.42. The first-order chi connectivity index (χ1) is 15.7. The molecule has 2 saturated heterocycles. The molecule has 0 unspecified atom stereocenters. The van der Waals surface area contributed by atoms with Crippen LogP contribution in [-0.4, -0.2) is 46.5 Å². The largest absolute Gasteiger partial charge is 0.342 e. The molecule has 0 N–H and O–H groups in total. The molecule has 4 nitrogen and oxygen atoms in total. The highest BCUT2D eigenvalue weighted by atomic mass is 35.5. The normalized spacial score (nSPS) is 18.3. The minimum absolute atomic E-state index is 0.210. The summed E-state index contributed by atoms with van der Waals surface area (Å²) in [5, 5.41) is 2.06. The number of piperidine rings is 2. The molecule has 2 aromatic carbocycles. The quantitative estimate of drug-likeness (QED) is 0.509. The van der Waals surface area contributed by atoms with Gasteiger partial charge in [-0.1, -0.05) is 41.9 Å². The fourth-order valence-corrected chi connectivity index (χ4v) is 5.56. The van der Waals surface area contributed by atoms with E-state index >= 15 is 0 Å². The van der Waals surface area contributed by atoms with E-state index in [1.807, 2.05) is 12.1 Å². The van der Waals surface area contributed by atoms with Gasteiger partial charge in [0.2, 0.25) is 5.91 Å². The topological polar surface area (TPSA) is 28.5 Å². The summed E-state index contributed by atoms with van der Waals surface area (Å²) in [6.07, 6.45) is 5.56. The van der Waals surface area contributed by atoms with Crippen LogP contribution in [0.4, 0.5) is 0 Å². The van der Waals surface area contributed by atoms with E-state index < -0.39 is 0 Å². The standard InChI is InChI=1S/C27H32ClN3O/c28-24-9-6-7-21(17-24)19-31-25(18-23-8-2-3-10-26(23)31)20-29-15-11-22(12-16-29)27(32)30-13-4-1-5-14-30/h2-3,6-10,17-18,22H,1,4-5,11-16,19-20H2. The first kappa shape index (κ1) is 21.5. The summed E-state index contributed by atoms with van der Waals surface area (Å²) in [7, 11) is 0. The Morgan fingerprint density at radius 1 is 0.875 bits per heavy atom. The molecule has 3 heterocycles. The number of fused-ring (bicyclic) bond motifs is 1. The van der Waals surface area contributed by atoms with Gasteiger partial charge in [-0.2, -0.15) is 0 Å². The molecule has 5 heteroatoms. The number of likely N-dealkylation sites (tertiary alicyclic amines) is 2. The zero-order valence-corrected chi connectivity index (χ0v) is 19.4. The molecule has 1 amide bonds. The summed E-state index contributed by atoms with van der Waals surface area (Å²) >= 11 is 6.25. The minimum atomic E-state index is 0.210. The van der Waals surface area contributed by atoms with E-state index in [0.29, 0.717) is 5.91 Å². The predicted molar refractivity (Wildman–Crippen MR) is 131 cm³/mol. The highest BCUT2D eigenvalue weighted by Gasteiger charge is 2.29. The van der Waals surface area contributed by atoms with E-state index in [4.69, 9.17) is 11.6 Å². The highest BCUT2D eigenvalue weighted by Crippen LogP contribution is 2.26. The van der Waals surface area contributed by atoms with Crippen molar-refractivity contribution in [3.63, 3.8) is 0 Å². The maximum absolute atomic E-state index is 12.9. The van der Waals surface area contributed by atoms with Gasteiger partial charge in [-0.3, -0.25) is 9.69 Å². The van der Waals surface area contributed by atoms with Gasteiger partial charge in [0.25, 0.3) is 0 Å². The maximum Gasteiger partial charge on any atom is 0.225 e. The zero-order chi connectivity index (χ0) is 21.9. The average molecular weight is 450 g/mol. The number of benzene rings is 2. The Labute approximate surface area is 195 Å². The third-order valence-corrected chi connectivity index (χ3v) is 7.35. The number of carbonyl (C=O) groups is 1. The highest BCUT2D eigenvalue weighted by molar-refractivity contribution is 6.30. The molecular weight excluding hydrogens is 418 g/mol. The number of amides is 1. The Hall–Kier alpha value is -2.30. The average Bonchev–Trinajstić information content (AvgIpc) is 3.16. The Morgan fingerprint density at radius 3 is 2.44 bits per heavy atom. The van der Waals surface area contributed by atoms with Crippen LogP contribution in [0.3, 0.4) is 0 Å². The summed E-state index contributed by atoms with van der Waals surface area (Å²) in [4.78, 5) is 17.5. The molecule has 168 valence electrons. The van der Waals surface area contributed by atoms with E-state index in [9.17, 15) is 4.79 Å². The van der Waals surface area contributed by atoms with Crippen molar-refractivity contribution in [3.05, 3.63) is 70.9 Å². The van der Waals surface area contributed by atoms with Gasteiger partial charge in [0.05, 0.1) is 0 Å². The van der Waals surface area contributed by atoms with Gasteiger partial charge in [0, 0.05) is 48.3 Å². The molecule has 2 aliphatic rings. The molecule has 0 spiro atoms. The molecule has 32 heavy (non-hydrogen) atoms. The second kappa shape index (κ2) is 9.68. The van der Waals surface area contributed by atoms with Gasteiger partial charge in [0.1, 0.15) is 0 Å². The molecule has 0 radical (unpaired) electrons. The fourth-order valence-electron chi connectivity index (χ4n) is 5.34. The third kappa shape index (κ3) is 4.72. The number of hydrogen-bond donors (Lipinski definition) is 0. The summed E-state index contributed by atoms with van der Waals surface area (Å²) in [5.74, 6) is 0.612. The second-order valence-electron chi connectivity index (χ2n) is 9.35. The lowest BCUT2D eigenvalue weighted by molar-refractivity contribution is -0.138.